The number of imidazole rings is 2. The summed E-state index contributed by atoms with van der Waals surface area (Å²) in [6, 6.07) is 18.0. The molecule has 0 radical (unpaired) electrons. The molecule has 3 aromatic carbocycles. The first-order valence-corrected chi connectivity index (χ1v) is 23.5. The molecule has 4 heterocycles. The van der Waals surface area contributed by atoms with Crippen LogP contribution in [0.3, 0.4) is 0 Å². The summed E-state index contributed by atoms with van der Waals surface area (Å²) in [5.74, 6) is 1.08. The second-order valence-electron chi connectivity index (χ2n) is 19.2. The average molecular weight is 883 g/mol. The third-order valence-electron chi connectivity index (χ3n) is 14.7. The molecule has 1 saturated carbocycles. The number of alkyl carbamates (subject to hydrolysis) is 2. The van der Waals surface area contributed by atoms with Gasteiger partial charge in [0.15, 0.2) is 0 Å². The fraction of sp³-hybridized carbons (Fsp3) is 0.490. The van der Waals surface area contributed by atoms with Crippen LogP contribution in [-0.4, -0.2) is 93.1 Å². The van der Waals surface area contributed by atoms with E-state index in [1.54, 1.807) is 0 Å². The van der Waals surface area contributed by atoms with E-state index in [2.05, 4.69) is 69.1 Å². The number of benzene rings is 3. The molecular weight excluding hydrogens is 821 g/mol. The number of hydrogen-bond donors (Lipinski definition) is 4. The largest absolute Gasteiger partial charge is 0.453 e. The standard InChI is InChI=1S/C51H62N8O6/c1-29(2)43(56-49(62)64-5)47(60)58-25-9-11-40(58)45-52-28-39(55-45)35-19-18-34(42-36(35)21-24-51(42)22-7-8-23-51)32-15-13-31(14-16-32)33-17-20-37-38(27-33)54-46(53-37)41-12-10-26-59(41)48(61)44(30(3)4)57-50(63)65-6/h13-20,27-30,40-41,43-44H,7-12,21-26H2,1-6H3,(H,52,55)(H,53,54)(H,56,62)(H,57,63)/t40?,41?,43-,44-/m0/s1. The van der Waals surface area contributed by atoms with Gasteiger partial charge in [0.1, 0.15) is 23.7 Å². The van der Waals surface area contributed by atoms with Crippen molar-refractivity contribution in [2.75, 3.05) is 27.3 Å². The number of hydrogen-bond acceptors (Lipinski definition) is 8. The van der Waals surface area contributed by atoms with Crippen molar-refractivity contribution in [2.45, 2.75) is 121 Å². The second-order valence-corrected chi connectivity index (χ2v) is 19.2. The number of fused-ring (bicyclic) bond motifs is 3. The molecule has 5 aromatic rings. The van der Waals surface area contributed by atoms with E-state index >= 15 is 0 Å². The third-order valence-corrected chi connectivity index (χ3v) is 14.7. The van der Waals surface area contributed by atoms with E-state index in [9.17, 15) is 19.2 Å². The van der Waals surface area contributed by atoms with Crippen LogP contribution in [0, 0.1) is 11.8 Å². The SMILES string of the molecule is COC(=O)N[C@H](C(=O)N1CCCC1c1ncc(-c2ccc(-c3ccc(-c4ccc5nc(C6CCCN6C(=O)[C@@H](NC(=O)OC)C(C)C)[nH]c5c4)cc3)c3c2CCC32CCCC2)[nH]1)C(C)C. The molecule has 4 amide bonds. The van der Waals surface area contributed by atoms with Gasteiger partial charge in [0.05, 0.1) is 49.2 Å². The molecule has 342 valence electrons. The van der Waals surface area contributed by atoms with Gasteiger partial charge in [-0.2, -0.15) is 0 Å². The molecule has 14 nitrogen and oxygen atoms in total. The van der Waals surface area contributed by atoms with Gasteiger partial charge < -0.3 is 39.9 Å². The van der Waals surface area contributed by atoms with Gasteiger partial charge >= 0.3 is 12.2 Å². The van der Waals surface area contributed by atoms with E-state index in [1.807, 2.05) is 49.8 Å². The molecule has 14 heteroatoms. The molecule has 2 aliphatic heterocycles. The maximum Gasteiger partial charge on any atom is 0.407 e. The highest BCUT2D eigenvalue weighted by Gasteiger charge is 2.44. The average Bonchev–Trinajstić information content (AvgIpc) is 4.18. The highest BCUT2D eigenvalue weighted by molar-refractivity contribution is 5.88. The Morgan fingerprint density at radius 3 is 1.86 bits per heavy atom. The minimum atomic E-state index is -0.689. The van der Waals surface area contributed by atoms with Crippen molar-refractivity contribution in [3.8, 4) is 33.5 Å². The number of likely N-dealkylation sites (tertiary alicyclic amines) is 2. The van der Waals surface area contributed by atoms with Crippen LogP contribution in [0.25, 0.3) is 44.5 Å². The lowest BCUT2D eigenvalue weighted by Gasteiger charge is -2.30. The number of ether oxygens (including phenoxy) is 2. The van der Waals surface area contributed by atoms with Crippen molar-refractivity contribution >= 4 is 35.0 Å². The molecule has 2 aromatic heterocycles. The Kier molecular flexibility index (Phi) is 12.2. The van der Waals surface area contributed by atoms with Gasteiger partial charge in [-0.25, -0.2) is 19.6 Å². The Bertz CT molecular complexity index is 2590. The number of carbonyl (C=O) groups excluding carboxylic acids is 4. The molecule has 2 aliphatic carbocycles. The van der Waals surface area contributed by atoms with E-state index in [1.165, 1.54) is 67.7 Å². The van der Waals surface area contributed by atoms with Crippen LogP contribution in [0.4, 0.5) is 9.59 Å². The van der Waals surface area contributed by atoms with Gasteiger partial charge in [-0.1, -0.05) is 83.0 Å². The van der Waals surface area contributed by atoms with E-state index in [-0.39, 0.29) is 41.1 Å². The summed E-state index contributed by atoms with van der Waals surface area (Å²) in [4.78, 5) is 72.6. The molecule has 4 atom stereocenters. The lowest BCUT2D eigenvalue weighted by Crippen LogP contribution is -2.51. The van der Waals surface area contributed by atoms with Crippen LogP contribution in [-0.2, 0) is 30.9 Å². The predicted octanol–water partition coefficient (Wildman–Crippen LogP) is 9.13. The molecule has 2 saturated heterocycles. The highest BCUT2D eigenvalue weighted by atomic mass is 16.5. The number of methoxy groups -OCH3 is 2. The fourth-order valence-electron chi connectivity index (χ4n) is 11.3. The van der Waals surface area contributed by atoms with Crippen molar-refractivity contribution in [3.63, 3.8) is 0 Å². The van der Waals surface area contributed by atoms with E-state index in [4.69, 9.17) is 19.4 Å². The van der Waals surface area contributed by atoms with Crippen LogP contribution >= 0.6 is 0 Å². The van der Waals surface area contributed by atoms with Gasteiger partial charge in [-0.05, 0) is 114 Å². The number of amides is 4. The van der Waals surface area contributed by atoms with E-state index in [0.717, 1.165) is 78.0 Å². The zero-order chi connectivity index (χ0) is 45.6. The number of H-pyrrole nitrogens is 2. The quantitative estimate of drug-likeness (QED) is 0.102. The van der Waals surface area contributed by atoms with Crippen LogP contribution in [0.2, 0.25) is 0 Å². The lowest BCUT2D eigenvalue weighted by molar-refractivity contribution is -0.136. The van der Waals surface area contributed by atoms with Crippen molar-refractivity contribution in [3.05, 3.63) is 83.6 Å². The Labute approximate surface area is 380 Å². The van der Waals surface area contributed by atoms with Gasteiger partial charge in [0.25, 0.3) is 0 Å². The molecular formula is C51H62N8O6. The molecule has 9 rings (SSSR count). The van der Waals surface area contributed by atoms with E-state index in [0.29, 0.717) is 13.1 Å². The van der Waals surface area contributed by atoms with E-state index < -0.39 is 24.3 Å². The monoisotopic (exact) mass is 882 g/mol. The molecule has 4 aliphatic rings. The van der Waals surface area contributed by atoms with Crippen molar-refractivity contribution in [2.24, 2.45) is 11.8 Å². The summed E-state index contributed by atoms with van der Waals surface area (Å²) in [5, 5.41) is 5.48. The highest BCUT2D eigenvalue weighted by Crippen LogP contribution is 2.55. The lowest BCUT2D eigenvalue weighted by atomic mass is 9.76. The first-order valence-electron chi connectivity index (χ1n) is 23.5. The minimum Gasteiger partial charge on any atom is -0.453 e. The Balaban J connectivity index is 0.967. The van der Waals surface area contributed by atoms with Gasteiger partial charge in [0, 0.05) is 18.7 Å². The molecule has 65 heavy (non-hydrogen) atoms. The molecule has 0 bridgehead atoms. The number of nitrogens with one attached hydrogen (secondary N) is 4. The number of aromatic amines is 2. The smallest absolute Gasteiger partial charge is 0.407 e. The fourth-order valence-corrected chi connectivity index (χ4v) is 11.3. The zero-order valence-corrected chi connectivity index (χ0v) is 38.5. The van der Waals surface area contributed by atoms with Crippen LogP contribution in [0.15, 0.2) is 60.8 Å². The summed E-state index contributed by atoms with van der Waals surface area (Å²) in [7, 11) is 2.61. The minimum absolute atomic E-state index is 0.103. The summed E-state index contributed by atoms with van der Waals surface area (Å²) in [6.07, 6.45) is 11.0. The normalized spacial score (nSPS) is 19.9. The first-order chi connectivity index (χ1) is 31.4. The molecule has 4 N–H and O–H groups in total. The van der Waals surface area contributed by atoms with Crippen LogP contribution in [0.1, 0.15) is 120 Å². The molecule has 2 unspecified atom stereocenters. The topological polar surface area (TPSA) is 175 Å². The second kappa shape index (κ2) is 18.0. The Hall–Kier alpha value is -6.18. The van der Waals surface area contributed by atoms with Crippen molar-refractivity contribution in [1.82, 2.24) is 40.4 Å². The predicted molar refractivity (Wildman–Crippen MR) is 249 cm³/mol. The maximum absolute atomic E-state index is 13.8. The number of nitrogens with zero attached hydrogens (tertiary/aromatic N) is 4. The van der Waals surface area contributed by atoms with Crippen LogP contribution in [0.5, 0.6) is 0 Å². The van der Waals surface area contributed by atoms with Gasteiger partial charge in [-0.3, -0.25) is 9.59 Å². The third kappa shape index (κ3) is 8.25. The van der Waals surface area contributed by atoms with Crippen LogP contribution < -0.4 is 10.6 Å². The molecule has 1 spiro atoms. The van der Waals surface area contributed by atoms with Crippen molar-refractivity contribution < 1.29 is 28.7 Å². The number of carbonyl (C=O) groups is 4. The van der Waals surface area contributed by atoms with Crippen molar-refractivity contribution in [1.29, 1.82) is 0 Å². The molecule has 3 fully saturated rings. The Morgan fingerprint density at radius 1 is 0.692 bits per heavy atom. The van der Waals surface area contributed by atoms with Gasteiger partial charge in [0.2, 0.25) is 11.8 Å². The summed E-state index contributed by atoms with van der Waals surface area (Å²) in [5.41, 5.74) is 11.6. The number of aromatic nitrogens is 4. The maximum atomic E-state index is 13.8. The number of rotatable bonds is 11. The summed E-state index contributed by atoms with van der Waals surface area (Å²) in [6.45, 7) is 8.90. The van der Waals surface area contributed by atoms with Gasteiger partial charge in [-0.15, -0.1) is 0 Å². The Morgan fingerprint density at radius 2 is 1.26 bits per heavy atom. The summed E-state index contributed by atoms with van der Waals surface area (Å²) < 4.78 is 9.64. The summed E-state index contributed by atoms with van der Waals surface area (Å²) >= 11 is 0. The first kappa shape index (κ1) is 44.0. The zero-order valence-electron chi connectivity index (χ0n) is 38.5.